The summed E-state index contributed by atoms with van der Waals surface area (Å²) in [6.45, 7) is 4.12. The number of hydrogen-bond acceptors (Lipinski definition) is 4. The van der Waals surface area contributed by atoms with E-state index in [1.54, 1.807) is 18.2 Å². The SMILES string of the molecule is CC(C)c1nc2ccc(C(O)C(=O)O)cc2s1. The van der Waals surface area contributed by atoms with E-state index in [-0.39, 0.29) is 0 Å². The van der Waals surface area contributed by atoms with E-state index in [1.165, 1.54) is 11.3 Å². The van der Waals surface area contributed by atoms with Gasteiger partial charge in [0.2, 0.25) is 0 Å². The summed E-state index contributed by atoms with van der Waals surface area (Å²) < 4.78 is 0.909. The van der Waals surface area contributed by atoms with Crippen molar-refractivity contribution in [2.75, 3.05) is 0 Å². The number of carboxylic acid groups (broad SMARTS) is 1. The van der Waals surface area contributed by atoms with Crippen LogP contribution in [0.3, 0.4) is 0 Å². The Morgan fingerprint density at radius 2 is 2.12 bits per heavy atom. The molecule has 0 spiro atoms. The molecule has 0 saturated heterocycles. The first-order valence-electron chi connectivity index (χ1n) is 5.30. The second-order valence-electron chi connectivity index (χ2n) is 4.17. The fraction of sp³-hybridized carbons (Fsp3) is 0.333. The number of thiazole rings is 1. The summed E-state index contributed by atoms with van der Waals surface area (Å²) in [6.07, 6.45) is -1.47. The maximum absolute atomic E-state index is 10.7. The van der Waals surface area contributed by atoms with Crippen molar-refractivity contribution < 1.29 is 15.0 Å². The van der Waals surface area contributed by atoms with E-state index in [9.17, 15) is 9.90 Å². The highest BCUT2D eigenvalue weighted by Gasteiger charge is 2.17. The average Bonchev–Trinajstić information content (AvgIpc) is 2.70. The molecule has 0 amide bonds. The lowest BCUT2D eigenvalue weighted by atomic mass is 10.1. The molecule has 0 saturated carbocycles. The predicted octanol–water partition coefficient (Wildman–Crippen LogP) is 2.54. The van der Waals surface area contributed by atoms with E-state index in [4.69, 9.17) is 5.11 Å². The van der Waals surface area contributed by atoms with Gasteiger partial charge in [0.25, 0.3) is 0 Å². The first-order valence-corrected chi connectivity index (χ1v) is 6.12. The van der Waals surface area contributed by atoms with Crippen LogP contribution >= 0.6 is 11.3 Å². The third-order valence-electron chi connectivity index (χ3n) is 2.47. The summed E-state index contributed by atoms with van der Waals surface area (Å²) in [5, 5.41) is 19.2. The van der Waals surface area contributed by atoms with E-state index in [2.05, 4.69) is 18.8 Å². The van der Waals surface area contributed by atoms with Crippen molar-refractivity contribution in [3.8, 4) is 0 Å². The largest absolute Gasteiger partial charge is 0.479 e. The molecule has 0 aliphatic heterocycles. The molecule has 0 radical (unpaired) electrons. The lowest BCUT2D eigenvalue weighted by Crippen LogP contribution is -2.09. The highest BCUT2D eigenvalue weighted by atomic mass is 32.1. The maximum Gasteiger partial charge on any atom is 0.337 e. The Kier molecular flexibility index (Phi) is 3.13. The summed E-state index contributed by atoms with van der Waals surface area (Å²) in [5.41, 5.74) is 1.24. The van der Waals surface area contributed by atoms with Gasteiger partial charge in [-0.05, 0) is 17.7 Å². The average molecular weight is 251 g/mol. The van der Waals surface area contributed by atoms with Crippen LogP contribution in [0.4, 0.5) is 0 Å². The van der Waals surface area contributed by atoms with E-state index >= 15 is 0 Å². The van der Waals surface area contributed by atoms with Gasteiger partial charge in [0.05, 0.1) is 15.2 Å². The summed E-state index contributed by atoms with van der Waals surface area (Å²) in [7, 11) is 0. The van der Waals surface area contributed by atoms with Crippen LogP contribution in [-0.2, 0) is 4.79 Å². The summed E-state index contributed by atoms with van der Waals surface area (Å²) >= 11 is 1.53. The fourth-order valence-electron chi connectivity index (χ4n) is 1.52. The first kappa shape index (κ1) is 12.0. The molecule has 1 aromatic heterocycles. The summed E-state index contributed by atoms with van der Waals surface area (Å²) in [5.74, 6) is -0.891. The maximum atomic E-state index is 10.7. The number of benzene rings is 1. The number of aliphatic carboxylic acids is 1. The van der Waals surface area contributed by atoms with Gasteiger partial charge >= 0.3 is 5.97 Å². The van der Waals surface area contributed by atoms with Crippen LogP contribution < -0.4 is 0 Å². The monoisotopic (exact) mass is 251 g/mol. The van der Waals surface area contributed by atoms with Gasteiger partial charge in [-0.1, -0.05) is 19.9 Å². The zero-order valence-electron chi connectivity index (χ0n) is 9.54. The highest BCUT2D eigenvalue weighted by Crippen LogP contribution is 2.29. The highest BCUT2D eigenvalue weighted by molar-refractivity contribution is 7.18. The molecule has 1 atom stereocenters. The molecule has 2 N–H and O–H groups in total. The number of aliphatic hydroxyl groups is 1. The van der Waals surface area contributed by atoms with Gasteiger partial charge < -0.3 is 10.2 Å². The van der Waals surface area contributed by atoms with Gasteiger partial charge in [-0.2, -0.15) is 0 Å². The molecule has 0 aliphatic rings. The van der Waals surface area contributed by atoms with Crippen LogP contribution in [0.1, 0.15) is 36.4 Å². The molecule has 1 aromatic carbocycles. The molecular formula is C12H13NO3S. The van der Waals surface area contributed by atoms with Crippen molar-refractivity contribution >= 4 is 27.5 Å². The van der Waals surface area contributed by atoms with Crippen molar-refractivity contribution in [3.63, 3.8) is 0 Å². The molecule has 1 heterocycles. The number of rotatable bonds is 3. The van der Waals surface area contributed by atoms with Crippen LogP contribution in [0.25, 0.3) is 10.2 Å². The van der Waals surface area contributed by atoms with Crippen molar-refractivity contribution in [2.45, 2.75) is 25.9 Å². The number of carbonyl (C=O) groups is 1. The third-order valence-corrected chi connectivity index (χ3v) is 3.79. The minimum absolute atomic E-state index is 0.347. The van der Waals surface area contributed by atoms with Gasteiger partial charge in [0.1, 0.15) is 0 Å². The zero-order valence-corrected chi connectivity index (χ0v) is 10.4. The Bertz CT molecular complexity index is 562. The quantitative estimate of drug-likeness (QED) is 0.879. The standard InChI is InChI=1S/C12H13NO3S/c1-6(2)11-13-8-4-3-7(5-9(8)17-11)10(14)12(15)16/h3-6,10,14H,1-2H3,(H,15,16). The molecule has 0 aliphatic carbocycles. The van der Waals surface area contributed by atoms with Crippen molar-refractivity contribution in [1.82, 2.24) is 4.98 Å². The minimum Gasteiger partial charge on any atom is -0.479 e. The molecule has 90 valence electrons. The molecule has 0 bridgehead atoms. The normalized spacial score (nSPS) is 13.2. The van der Waals surface area contributed by atoms with Crippen molar-refractivity contribution in [3.05, 3.63) is 28.8 Å². The zero-order chi connectivity index (χ0) is 12.6. The molecule has 17 heavy (non-hydrogen) atoms. The molecule has 4 nitrogen and oxygen atoms in total. The second-order valence-corrected chi connectivity index (χ2v) is 5.24. The van der Waals surface area contributed by atoms with Gasteiger partial charge in [-0.15, -0.1) is 11.3 Å². The predicted molar refractivity (Wildman–Crippen MR) is 66.3 cm³/mol. The Morgan fingerprint density at radius 3 is 2.71 bits per heavy atom. The van der Waals surface area contributed by atoms with E-state index < -0.39 is 12.1 Å². The molecule has 2 rings (SSSR count). The number of fused-ring (bicyclic) bond motifs is 1. The topological polar surface area (TPSA) is 70.4 Å². The van der Waals surface area contributed by atoms with Gasteiger partial charge in [0.15, 0.2) is 6.10 Å². The first-order chi connectivity index (χ1) is 7.99. The van der Waals surface area contributed by atoms with Crippen molar-refractivity contribution in [1.29, 1.82) is 0 Å². The fourth-order valence-corrected chi connectivity index (χ4v) is 2.54. The van der Waals surface area contributed by atoms with Crippen LogP contribution in [0.5, 0.6) is 0 Å². The minimum atomic E-state index is -1.47. The molecular weight excluding hydrogens is 238 g/mol. The molecule has 5 heteroatoms. The van der Waals surface area contributed by atoms with Crippen LogP contribution in [0.2, 0.25) is 0 Å². The van der Waals surface area contributed by atoms with Gasteiger partial charge in [-0.25, -0.2) is 9.78 Å². The van der Waals surface area contributed by atoms with E-state index in [0.717, 1.165) is 15.2 Å². The summed E-state index contributed by atoms with van der Waals surface area (Å²) in [6, 6.07) is 5.04. The van der Waals surface area contributed by atoms with Gasteiger partial charge in [0, 0.05) is 5.92 Å². The Morgan fingerprint density at radius 1 is 1.41 bits per heavy atom. The van der Waals surface area contributed by atoms with Gasteiger partial charge in [-0.3, -0.25) is 0 Å². The third kappa shape index (κ3) is 2.30. The van der Waals surface area contributed by atoms with E-state index in [1.807, 2.05) is 0 Å². The summed E-state index contributed by atoms with van der Waals surface area (Å²) in [4.78, 5) is 15.1. The molecule has 2 aromatic rings. The number of hydrogen-bond donors (Lipinski definition) is 2. The van der Waals surface area contributed by atoms with Crippen LogP contribution in [-0.4, -0.2) is 21.2 Å². The molecule has 1 unspecified atom stereocenters. The Hall–Kier alpha value is -1.46. The number of aromatic nitrogens is 1. The van der Waals surface area contributed by atoms with Crippen LogP contribution in [0.15, 0.2) is 18.2 Å². The number of aliphatic hydroxyl groups excluding tert-OH is 1. The number of nitrogens with zero attached hydrogens (tertiary/aromatic N) is 1. The Balaban J connectivity index is 2.46. The second kappa shape index (κ2) is 4.43. The Labute approximate surface area is 103 Å². The number of carboxylic acids is 1. The van der Waals surface area contributed by atoms with Crippen LogP contribution in [0, 0.1) is 0 Å². The lowest BCUT2D eigenvalue weighted by molar-refractivity contribution is -0.146. The lowest BCUT2D eigenvalue weighted by Gasteiger charge is -2.04. The smallest absolute Gasteiger partial charge is 0.337 e. The van der Waals surface area contributed by atoms with E-state index in [0.29, 0.717) is 11.5 Å². The van der Waals surface area contributed by atoms with Crippen molar-refractivity contribution in [2.24, 2.45) is 0 Å². The molecule has 0 fully saturated rings.